The molecule has 2 N–H and O–H groups in total. The maximum atomic E-state index is 9.02. The minimum Gasteiger partial charge on any atom is -0.394 e. The van der Waals surface area contributed by atoms with Crippen LogP contribution in [0.15, 0.2) is 24.3 Å². The summed E-state index contributed by atoms with van der Waals surface area (Å²) >= 11 is 0. The van der Waals surface area contributed by atoms with Crippen LogP contribution in [0.4, 0.5) is 5.69 Å². The van der Waals surface area contributed by atoms with E-state index >= 15 is 0 Å². The van der Waals surface area contributed by atoms with Crippen LogP contribution >= 0.6 is 0 Å². The Morgan fingerprint density at radius 2 is 2.13 bits per heavy atom. The van der Waals surface area contributed by atoms with E-state index in [0.717, 1.165) is 5.69 Å². The molecule has 0 aliphatic carbocycles. The van der Waals surface area contributed by atoms with Crippen LogP contribution in [0.25, 0.3) is 0 Å². The second-order valence-electron chi connectivity index (χ2n) is 3.17. The minimum atomic E-state index is -0.122. The number of benzene rings is 1. The zero-order valence-electron chi connectivity index (χ0n) is 8.60. The number of aliphatic hydroxyl groups excluding tert-OH is 1. The number of rotatable bonds is 5. The van der Waals surface area contributed by atoms with Crippen molar-refractivity contribution in [1.82, 2.24) is 0 Å². The van der Waals surface area contributed by atoms with Gasteiger partial charge in [0.25, 0.3) is 0 Å². The van der Waals surface area contributed by atoms with E-state index in [0.29, 0.717) is 12.2 Å². The SMILES string of the molecule is COCC(CO)Nc1ccc(C#N)cc1. The number of nitriles is 1. The van der Waals surface area contributed by atoms with Crippen molar-refractivity contribution in [2.45, 2.75) is 6.04 Å². The van der Waals surface area contributed by atoms with E-state index in [1.807, 2.05) is 6.07 Å². The summed E-state index contributed by atoms with van der Waals surface area (Å²) < 4.78 is 4.94. The molecule has 15 heavy (non-hydrogen) atoms. The predicted octanol–water partition coefficient (Wildman–Crippen LogP) is 0.977. The monoisotopic (exact) mass is 206 g/mol. The second kappa shape index (κ2) is 6.02. The topological polar surface area (TPSA) is 65.3 Å². The summed E-state index contributed by atoms with van der Waals surface area (Å²) in [6.07, 6.45) is 0. The van der Waals surface area contributed by atoms with Gasteiger partial charge in [0.05, 0.1) is 30.9 Å². The molecule has 4 heteroatoms. The van der Waals surface area contributed by atoms with Crippen molar-refractivity contribution < 1.29 is 9.84 Å². The Bertz CT molecular complexity index is 329. The molecular weight excluding hydrogens is 192 g/mol. The quantitative estimate of drug-likeness (QED) is 0.753. The fourth-order valence-electron chi connectivity index (χ4n) is 1.22. The van der Waals surface area contributed by atoms with E-state index in [9.17, 15) is 0 Å². The van der Waals surface area contributed by atoms with Crippen LogP contribution in [0.3, 0.4) is 0 Å². The number of nitrogens with zero attached hydrogens (tertiary/aromatic N) is 1. The first-order valence-corrected chi connectivity index (χ1v) is 4.66. The predicted molar refractivity (Wildman–Crippen MR) is 57.5 cm³/mol. The van der Waals surface area contributed by atoms with Crippen LogP contribution in [-0.4, -0.2) is 31.5 Å². The van der Waals surface area contributed by atoms with Crippen molar-refractivity contribution in [3.8, 4) is 6.07 Å². The van der Waals surface area contributed by atoms with Crippen LogP contribution < -0.4 is 5.32 Å². The van der Waals surface area contributed by atoms with E-state index in [-0.39, 0.29) is 12.6 Å². The first kappa shape index (κ1) is 11.5. The molecule has 4 nitrogen and oxygen atoms in total. The van der Waals surface area contributed by atoms with Crippen LogP contribution in [0.5, 0.6) is 0 Å². The minimum absolute atomic E-state index is 0.00778. The van der Waals surface area contributed by atoms with E-state index in [4.69, 9.17) is 15.1 Å². The Morgan fingerprint density at radius 1 is 1.47 bits per heavy atom. The average Bonchev–Trinajstić information content (AvgIpc) is 2.29. The number of aliphatic hydroxyl groups is 1. The molecule has 0 aromatic heterocycles. The Morgan fingerprint density at radius 3 is 2.60 bits per heavy atom. The van der Waals surface area contributed by atoms with Gasteiger partial charge in [-0.1, -0.05) is 0 Å². The maximum Gasteiger partial charge on any atom is 0.0991 e. The van der Waals surface area contributed by atoms with Gasteiger partial charge in [-0.05, 0) is 24.3 Å². The van der Waals surface area contributed by atoms with Gasteiger partial charge in [0.1, 0.15) is 0 Å². The largest absolute Gasteiger partial charge is 0.394 e. The molecule has 0 radical (unpaired) electrons. The van der Waals surface area contributed by atoms with Gasteiger partial charge in [0.15, 0.2) is 0 Å². The zero-order valence-corrected chi connectivity index (χ0v) is 8.60. The highest BCUT2D eigenvalue weighted by Gasteiger charge is 2.05. The van der Waals surface area contributed by atoms with Gasteiger partial charge in [-0.25, -0.2) is 0 Å². The maximum absolute atomic E-state index is 9.02. The normalized spacial score (nSPS) is 11.8. The van der Waals surface area contributed by atoms with Crippen molar-refractivity contribution in [3.05, 3.63) is 29.8 Å². The smallest absolute Gasteiger partial charge is 0.0991 e. The summed E-state index contributed by atoms with van der Waals surface area (Å²) in [5.74, 6) is 0. The molecule has 0 saturated carbocycles. The van der Waals surface area contributed by atoms with Crippen molar-refractivity contribution in [2.75, 3.05) is 25.6 Å². The van der Waals surface area contributed by atoms with Crippen molar-refractivity contribution >= 4 is 5.69 Å². The molecule has 0 spiro atoms. The summed E-state index contributed by atoms with van der Waals surface area (Å²) in [4.78, 5) is 0. The highest BCUT2D eigenvalue weighted by Crippen LogP contribution is 2.10. The lowest BCUT2D eigenvalue weighted by Gasteiger charge is -2.16. The standard InChI is InChI=1S/C11H14N2O2/c1-15-8-11(7-14)13-10-4-2-9(6-12)3-5-10/h2-5,11,13-14H,7-8H2,1H3. The lowest BCUT2D eigenvalue weighted by atomic mass is 10.2. The van der Waals surface area contributed by atoms with Crippen molar-refractivity contribution in [1.29, 1.82) is 5.26 Å². The van der Waals surface area contributed by atoms with Crippen LogP contribution in [-0.2, 0) is 4.74 Å². The van der Waals surface area contributed by atoms with Gasteiger partial charge in [-0.15, -0.1) is 0 Å². The van der Waals surface area contributed by atoms with E-state index < -0.39 is 0 Å². The highest BCUT2D eigenvalue weighted by molar-refractivity contribution is 5.47. The third-order valence-corrected chi connectivity index (χ3v) is 1.97. The van der Waals surface area contributed by atoms with E-state index in [1.54, 1.807) is 31.4 Å². The molecule has 1 aromatic carbocycles. The first-order valence-electron chi connectivity index (χ1n) is 4.66. The molecule has 0 fully saturated rings. The van der Waals surface area contributed by atoms with Gasteiger partial charge in [-0.2, -0.15) is 5.26 Å². The lowest BCUT2D eigenvalue weighted by Crippen LogP contribution is -2.28. The zero-order chi connectivity index (χ0) is 11.1. The summed E-state index contributed by atoms with van der Waals surface area (Å²) in [6.45, 7) is 0.449. The highest BCUT2D eigenvalue weighted by atomic mass is 16.5. The lowest BCUT2D eigenvalue weighted by molar-refractivity contribution is 0.153. The number of hydrogen-bond donors (Lipinski definition) is 2. The molecule has 0 aliphatic rings. The average molecular weight is 206 g/mol. The molecule has 0 saturated heterocycles. The molecule has 1 aromatic rings. The second-order valence-corrected chi connectivity index (χ2v) is 3.17. The number of ether oxygens (including phenoxy) is 1. The van der Waals surface area contributed by atoms with E-state index in [1.165, 1.54) is 0 Å². The Kier molecular flexibility index (Phi) is 4.61. The van der Waals surface area contributed by atoms with Gasteiger partial charge in [-0.3, -0.25) is 0 Å². The molecule has 1 unspecified atom stereocenters. The van der Waals surface area contributed by atoms with Gasteiger partial charge < -0.3 is 15.2 Å². The van der Waals surface area contributed by atoms with Crippen molar-refractivity contribution in [3.63, 3.8) is 0 Å². The Labute approximate surface area is 89.1 Å². The molecular formula is C11H14N2O2. The van der Waals surface area contributed by atoms with Crippen LogP contribution in [0, 0.1) is 11.3 Å². The summed E-state index contributed by atoms with van der Waals surface area (Å²) in [5.41, 5.74) is 1.48. The fourth-order valence-corrected chi connectivity index (χ4v) is 1.22. The van der Waals surface area contributed by atoms with Gasteiger partial charge in [0, 0.05) is 12.8 Å². The first-order chi connectivity index (χ1) is 7.30. The molecule has 80 valence electrons. The van der Waals surface area contributed by atoms with Crippen LogP contribution in [0.2, 0.25) is 0 Å². The summed E-state index contributed by atoms with van der Waals surface area (Å²) in [6, 6.07) is 8.98. The molecule has 0 aliphatic heterocycles. The third kappa shape index (κ3) is 3.58. The summed E-state index contributed by atoms with van der Waals surface area (Å²) in [7, 11) is 1.59. The molecule has 1 atom stereocenters. The van der Waals surface area contributed by atoms with Gasteiger partial charge in [0.2, 0.25) is 0 Å². The fraction of sp³-hybridized carbons (Fsp3) is 0.364. The molecule has 0 amide bonds. The van der Waals surface area contributed by atoms with Gasteiger partial charge >= 0.3 is 0 Å². The number of methoxy groups -OCH3 is 1. The molecule has 0 heterocycles. The Balaban J connectivity index is 2.59. The molecule has 1 rings (SSSR count). The van der Waals surface area contributed by atoms with Crippen molar-refractivity contribution in [2.24, 2.45) is 0 Å². The Hall–Kier alpha value is -1.57. The molecule has 0 bridgehead atoms. The number of hydrogen-bond acceptors (Lipinski definition) is 4. The number of anilines is 1. The van der Waals surface area contributed by atoms with E-state index in [2.05, 4.69) is 5.32 Å². The van der Waals surface area contributed by atoms with Crippen LogP contribution in [0.1, 0.15) is 5.56 Å². The summed E-state index contributed by atoms with van der Waals surface area (Å²) in [5, 5.41) is 20.7. The third-order valence-electron chi connectivity index (χ3n) is 1.97. The number of nitrogens with one attached hydrogen (secondary N) is 1.